The van der Waals surface area contributed by atoms with Gasteiger partial charge >= 0.3 is 0 Å². The molecule has 14 heavy (non-hydrogen) atoms. The van der Waals surface area contributed by atoms with Crippen molar-refractivity contribution in [3.63, 3.8) is 0 Å². The second kappa shape index (κ2) is 4.41. The summed E-state index contributed by atoms with van der Waals surface area (Å²) in [5, 5.41) is 5.24. The lowest BCUT2D eigenvalue weighted by molar-refractivity contribution is 0.194. The van der Waals surface area contributed by atoms with Gasteiger partial charge in [-0.1, -0.05) is 0 Å². The monoisotopic (exact) mass is 213 g/mol. The van der Waals surface area contributed by atoms with E-state index in [4.69, 9.17) is 0 Å². The minimum absolute atomic E-state index is 0.178. The number of hydrogen-bond acceptors (Lipinski definition) is 2. The highest BCUT2D eigenvalue weighted by molar-refractivity contribution is 7.10. The quantitative estimate of drug-likeness (QED) is 0.796. The van der Waals surface area contributed by atoms with Gasteiger partial charge in [0.2, 0.25) is 0 Å². The van der Waals surface area contributed by atoms with Crippen molar-refractivity contribution in [3.05, 3.63) is 21.9 Å². The van der Waals surface area contributed by atoms with Crippen LogP contribution < -0.4 is 5.32 Å². The minimum atomic E-state index is -0.769. The van der Waals surface area contributed by atoms with E-state index < -0.39 is 6.17 Å². The summed E-state index contributed by atoms with van der Waals surface area (Å²) >= 11 is 1.64. The molecule has 78 valence electrons. The molecule has 2 unspecified atom stereocenters. The first kappa shape index (κ1) is 10.1. The highest BCUT2D eigenvalue weighted by atomic mass is 32.1. The van der Waals surface area contributed by atoms with Crippen LogP contribution in [-0.4, -0.2) is 13.1 Å². The summed E-state index contributed by atoms with van der Waals surface area (Å²) < 4.78 is 14.1. The van der Waals surface area contributed by atoms with E-state index in [-0.39, 0.29) is 5.92 Å². The van der Waals surface area contributed by atoms with E-state index in [1.165, 1.54) is 0 Å². The maximum absolute atomic E-state index is 14.1. The first-order chi connectivity index (χ1) is 6.79. The van der Waals surface area contributed by atoms with Gasteiger partial charge in [0.25, 0.3) is 0 Å². The lowest BCUT2D eigenvalue weighted by Crippen LogP contribution is -2.32. The first-order valence-electron chi connectivity index (χ1n) is 5.18. The summed E-state index contributed by atoms with van der Waals surface area (Å²) in [4.78, 5) is 1.13. The van der Waals surface area contributed by atoms with E-state index in [0.717, 1.165) is 36.4 Å². The molecule has 3 heteroatoms. The number of rotatable bonds is 2. The van der Waals surface area contributed by atoms with Crippen LogP contribution in [0.2, 0.25) is 0 Å². The van der Waals surface area contributed by atoms with Crippen LogP contribution in [0.5, 0.6) is 0 Å². The molecule has 2 rings (SSSR count). The van der Waals surface area contributed by atoms with E-state index >= 15 is 0 Å². The van der Waals surface area contributed by atoms with Crippen molar-refractivity contribution in [1.82, 2.24) is 5.32 Å². The molecule has 1 aromatic heterocycles. The molecule has 1 N–H and O–H groups in total. The molecule has 2 heterocycles. The summed E-state index contributed by atoms with van der Waals surface area (Å²) in [6.45, 7) is 3.88. The highest BCUT2D eigenvalue weighted by Gasteiger charge is 2.25. The lowest BCUT2D eigenvalue weighted by atomic mass is 9.91. The fourth-order valence-electron chi connectivity index (χ4n) is 2.06. The normalized spacial score (nSPS) is 24.9. The summed E-state index contributed by atoms with van der Waals surface area (Å²) in [7, 11) is 0. The van der Waals surface area contributed by atoms with Gasteiger partial charge in [-0.15, -0.1) is 11.3 Å². The fraction of sp³-hybridized carbons (Fsp3) is 0.636. The number of hydrogen-bond donors (Lipinski definition) is 1. The van der Waals surface area contributed by atoms with Crippen molar-refractivity contribution in [3.8, 4) is 0 Å². The van der Waals surface area contributed by atoms with Crippen molar-refractivity contribution in [1.29, 1.82) is 0 Å². The predicted octanol–water partition coefficient (Wildman–Crippen LogP) is 3.07. The van der Waals surface area contributed by atoms with Crippen molar-refractivity contribution in [2.75, 3.05) is 13.1 Å². The first-order valence-corrected chi connectivity index (χ1v) is 6.06. The predicted molar refractivity (Wildman–Crippen MR) is 58.5 cm³/mol. The molecule has 0 amide bonds. The largest absolute Gasteiger partial charge is 0.316 e. The van der Waals surface area contributed by atoms with E-state index in [1.807, 2.05) is 18.4 Å². The maximum Gasteiger partial charge on any atom is 0.130 e. The molecule has 1 aliphatic rings. The third-order valence-electron chi connectivity index (χ3n) is 2.94. The number of piperidine rings is 1. The Labute approximate surface area is 88.3 Å². The van der Waals surface area contributed by atoms with Crippen molar-refractivity contribution in [2.24, 2.45) is 5.92 Å². The van der Waals surface area contributed by atoms with E-state index in [0.29, 0.717) is 0 Å². The molecule has 0 saturated carbocycles. The van der Waals surface area contributed by atoms with Crippen LogP contribution >= 0.6 is 11.3 Å². The molecular weight excluding hydrogens is 197 g/mol. The SMILES string of the molecule is Cc1sccc1C(F)C1CCCNC1. The Morgan fingerprint density at radius 2 is 2.50 bits per heavy atom. The van der Waals surface area contributed by atoms with Crippen LogP contribution in [0.3, 0.4) is 0 Å². The number of halogens is 1. The highest BCUT2D eigenvalue weighted by Crippen LogP contribution is 2.34. The third-order valence-corrected chi connectivity index (χ3v) is 3.81. The van der Waals surface area contributed by atoms with Gasteiger partial charge in [-0.05, 0) is 43.3 Å². The molecule has 0 aliphatic carbocycles. The standard InChI is InChI=1S/C11H16FNS/c1-8-10(4-6-14-8)11(12)9-3-2-5-13-7-9/h4,6,9,11,13H,2-3,5,7H2,1H3. The molecular formula is C11H16FNS. The van der Waals surface area contributed by atoms with Gasteiger partial charge in [-0.3, -0.25) is 0 Å². The topological polar surface area (TPSA) is 12.0 Å². The lowest BCUT2D eigenvalue weighted by Gasteiger charge is -2.25. The van der Waals surface area contributed by atoms with Gasteiger partial charge in [0.15, 0.2) is 0 Å². The summed E-state index contributed by atoms with van der Waals surface area (Å²) in [6, 6.07) is 1.93. The van der Waals surface area contributed by atoms with Crippen molar-refractivity contribution >= 4 is 11.3 Å². The Balaban J connectivity index is 2.07. The van der Waals surface area contributed by atoms with Gasteiger partial charge in [0.05, 0.1) is 0 Å². The number of nitrogens with one attached hydrogen (secondary N) is 1. The van der Waals surface area contributed by atoms with Crippen LogP contribution in [-0.2, 0) is 0 Å². The zero-order chi connectivity index (χ0) is 9.97. The smallest absolute Gasteiger partial charge is 0.130 e. The average molecular weight is 213 g/mol. The zero-order valence-electron chi connectivity index (χ0n) is 8.42. The molecule has 0 spiro atoms. The molecule has 0 bridgehead atoms. The fourth-order valence-corrected chi connectivity index (χ4v) is 2.80. The van der Waals surface area contributed by atoms with E-state index in [9.17, 15) is 4.39 Å². The minimum Gasteiger partial charge on any atom is -0.316 e. The van der Waals surface area contributed by atoms with Crippen molar-refractivity contribution in [2.45, 2.75) is 25.9 Å². The second-order valence-corrected chi connectivity index (χ2v) is 5.06. The molecule has 1 aromatic rings. The van der Waals surface area contributed by atoms with Crippen LogP contribution in [0, 0.1) is 12.8 Å². The van der Waals surface area contributed by atoms with Crippen LogP contribution in [0.4, 0.5) is 4.39 Å². The zero-order valence-corrected chi connectivity index (χ0v) is 9.24. The second-order valence-electron chi connectivity index (χ2n) is 3.94. The summed E-state index contributed by atoms with van der Waals surface area (Å²) in [6.07, 6.45) is 1.35. The van der Waals surface area contributed by atoms with Gasteiger partial charge in [-0.2, -0.15) is 0 Å². The van der Waals surface area contributed by atoms with E-state index in [1.54, 1.807) is 11.3 Å². The molecule has 2 atom stereocenters. The Morgan fingerprint density at radius 3 is 3.07 bits per heavy atom. The third kappa shape index (κ3) is 1.98. The van der Waals surface area contributed by atoms with Crippen LogP contribution in [0.15, 0.2) is 11.4 Å². The molecule has 1 nitrogen and oxygen atoms in total. The van der Waals surface area contributed by atoms with Gasteiger partial charge in [0, 0.05) is 17.3 Å². The van der Waals surface area contributed by atoms with Crippen LogP contribution in [0.1, 0.15) is 29.5 Å². The molecule has 1 saturated heterocycles. The Hall–Kier alpha value is -0.410. The maximum atomic E-state index is 14.1. The number of thiophene rings is 1. The molecule has 1 aliphatic heterocycles. The average Bonchev–Trinajstić information content (AvgIpc) is 2.65. The molecule has 1 fully saturated rings. The Kier molecular flexibility index (Phi) is 3.19. The van der Waals surface area contributed by atoms with Crippen LogP contribution in [0.25, 0.3) is 0 Å². The number of aryl methyl sites for hydroxylation is 1. The molecule has 0 aromatic carbocycles. The Bertz CT molecular complexity index is 291. The van der Waals surface area contributed by atoms with Gasteiger partial charge in [0.1, 0.15) is 6.17 Å². The van der Waals surface area contributed by atoms with Crippen molar-refractivity contribution < 1.29 is 4.39 Å². The summed E-state index contributed by atoms with van der Waals surface area (Å²) in [5.41, 5.74) is 0.906. The summed E-state index contributed by atoms with van der Waals surface area (Å²) in [5.74, 6) is 0.178. The number of alkyl halides is 1. The molecule has 0 radical (unpaired) electrons. The Morgan fingerprint density at radius 1 is 1.64 bits per heavy atom. The van der Waals surface area contributed by atoms with E-state index in [2.05, 4.69) is 5.32 Å². The van der Waals surface area contributed by atoms with Gasteiger partial charge in [-0.25, -0.2) is 4.39 Å². The van der Waals surface area contributed by atoms with Gasteiger partial charge < -0.3 is 5.32 Å².